The number of benzene rings is 2. The van der Waals surface area contributed by atoms with E-state index in [0.717, 1.165) is 56.1 Å². The highest BCUT2D eigenvalue weighted by Gasteiger charge is 2.12. The predicted molar refractivity (Wildman–Crippen MR) is 146 cm³/mol. The zero-order chi connectivity index (χ0) is 26.0. The quantitative estimate of drug-likeness (QED) is 0.443. The maximum Gasteiger partial charge on any atom is 0.227 e. The number of nitrogens with zero attached hydrogens (tertiary/aromatic N) is 4. The van der Waals surface area contributed by atoms with Crippen LogP contribution in [0.15, 0.2) is 60.8 Å². The molecule has 0 saturated carbocycles. The Morgan fingerprint density at radius 1 is 1.11 bits per heavy atom. The lowest BCUT2D eigenvalue weighted by molar-refractivity contribution is 0.220. The molecule has 6 bridgehead atoms. The largest absolute Gasteiger partial charge is 0.493 e. The second kappa shape index (κ2) is 13.2. The number of rotatable bonds is 6. The summed E-state index contributed by atoms with van der Waals surface area (Å²) in [4.78, 5) is 13.6. The second-order valence-electron chi connectivity index (χ2n) is 9.07. The van der Waals surface area contributed by atoms with Gasteiger partial charge in [-0.25, -0.2) is 14.4 Å². The highest BCUT2D eigenvalue weighted by molar-refractivity contribution is 5.64. The maximum atomic E-state index is 14.3. The Kier molecular flexibility index (Phi) is 9.46. The molecule has 3 aromatic rings. The molecule has 2 aromatic carbocycles. The number of hydrogen-bond donors (Lipinski definition) is 1. The van der Waals surface area contributed by atoms with Crippen LogP contribution >= 0.6 is 0 Å². The molecular weight excluding hydrogens is 469 g/mol. The van der Waals surface area contributed by atoms with Crippen LogP contribution < -0.4 is 14.8 Å². The van der Waals surface area contributed by atoms with E-state index in [9.17, 15) is 4.39 Å². The van der Waals surface area contributed by atoms with E-state index in [2.05, 4.69) is 64.2 Å². The van der Waals surface area contributed by atoms with Crippen LogP contribution in [0.3, 0.4) is 0 Å². The van der Waals surface area contributed by atoms with Crippen molar-refractivity contribution in [2.75, 3.05) is 51.8 Å². The van der Waals surface area contributed by atoms with Crippen molar-refractivity contribution in [3.63, 3.8) is 0 Å². The number of ether oxygens (including phenoxy) is 2. The van der Waals surface area contributed by atoms with E-state index in [0.29, 0.717) is 36.2 Å². The van der Waals surface area contributed by atoms with Gasteiger partial charge in [-0.2, -0.15) is 0 Å². The van der Waals surface area contributed by atoms with E-state index < -0.39 is 0 Å². The minimum absolute atomic E-state index is 0.367. The highest BCUT2D eigenvalue weighted by Crippen LogP contribution is 2.28. The normalized spacial score (nSPS) is 14.4. The highest BCUT2D eigenvalue weighted by atomic mass is 19.1. The van der Waals surface area contributed by atoms with Crippen LogP contribution in [0.4, 0.5) is 16.0 Å². The van der Waals surface area contributed by atoms with Crippen LogP contribution in [0, 0.1) is 5.82 Å². The monoisotopic (exact) mass is 505 g/mol. The Morgan fingerprint density at radius 3 is 2.81 bits per heavy atom. The van der Waals surface area contributed by atoms with Crippen molar-refractivity contribution in [2.45, 2.75) is 26.8 Å². The van der Waals surface area contributed by atoms with Crippen LogP contribution in [0.2, 0.25) is 0 Å². The molecule has 1 aliphatic heterocycles. The first kappa shape index (κ1) is 26.6. The van der Waals surface area contributed by atoms with Crippen LogP contribution in [0.5, 0.6) is 11.5 Å². The van der Waals surface area contributed by atoms with E-state index in [1.165, 1.54) is 12.1 Å². The van der Waals surface area contributed by atoms with E-state index in [4.69, 9.17) is 9.47 Å². The summed E-state index contributed by atoms with van der Waals surface area (Å²) in [5.41, 5.74) is 3.18. The lowest BCUT2D eigenvalue weighted by atomic mass is 10.1. The Bertz CT molecular complexity index is 1200. The Balaban J connectivity index is 1.62. The summed E-state index contributed by atoms with van der Waals surface area (Å²) >= 11 is 0. The van der Waals surface area contributed by atoms with Gasteiger partial charge in [0.1, 0.15) is 23.9 Å². The minimum Gasteiger partial charge on any atom is -0.493 e. The molecule has 0 amide bonds. The molecule has 1 aliphatic rings. The molecule has 0 radical (unpaired) electrons. The summed E-state index contributed by atoms with van der Waals surface area (Å²) in [6.45, 7) is 9.83. The summed E-state index contributed by atoms with van der Waals surface area (Å²) in [7, 11) is 2.08. The summed E-state index contributed by atoms with van der Waals surface area (Å²) in [6, 6.07) is 12.5. The van der Waals surface area contributed by atoms with Crippen molar-refractivity contribution < 1.29 is 13.9 Å². The van der Waals surface area contributed by atoms with Crippen molar-refractivity contribution in [3.05, 3.63) is 72.2 Å². The van der Waals surface area contributed by atoms with Crippen molar-refractivity contribution in [3.8, 4) is 22.8 Å². The number of anilines is 2. The summed E-state index contributed by atoms with van der Waals surface area (Å²) in [6.07, 6.45) is 6.62. The van der Waals surface area contributed by atoms with E-state index in [1.54, 1.807) is 18.3 Å². The molecule has 0 fully saturated rings. The van der Waals surface area contributed by atoms with Crippen molar-refractivity contribution in [2.24, 2.45) is 0 Å². The molecule has 196 valence electrons. The molecule has 7 nitrogen and oxygen atoms in total. The first-order chi connectivity index (χ1) is 18.0. The van der Waals surface area contributed by atoms with Gasteiger partial charge in [0, 0.05) is 48.7 Å². The lowest BCUT2D eigenvalue weighted by Gasteiger charge is -2.21. The van der Waals surface area contributed by atoms with Crippen LogP contribution in [0.25, 0.3) is 11.3 Å². The SMILES string of the molecule is CCN(CC)CCOc1ccc2cc1CN(C)CC=CCCOc1cc(F)cc(c1)-c1ccnc(n1)N2. The van der Waals surface area contributed by atoms with Gasteiger partial charge < -0.3 is 19.7 Å². The van der Waals surface area contributed by atoms with Crippen LogP contribution in [-0.2, 0) is 6.54 Å². The fraction of sp³-hybridized carbons (Fsp3) is 0.379. The number of nitrogens with one attached hydrogen (secondary N) is 1. The third-order valence-corrected chi connectivity index (χ3v) is 6.28. The standard InChI is InChI=1S/C29H36FN5O2/c1-4-35(5-2)14-16-37-28-10-9-25-18-23(28)21-34(3)13-7-6-8-15-36-26-19-22(17-24(30)20-26)27-11-12-31-29(32-25)33-27/h6-7,9-12,17-20H,4-5,8,13-16,21H2,1-3H3,(H,31,32,33). The smallest absolute Gasteiger partial charge is 0.227 e. The number of aromatic nitrogens is 2. The molecular formula is C29H36FN5O2. The van der Waals surface area contributed by atoms with Crippen molar-refractivity contribution >= 4 is 11.6 Å². The Labute approximate surface area is 218 Å². The maximum absolute atomic E-state index is 14.3. The Morgan fingerprint density at radius 2 is 1.97 bits per heavy atom. The molecule has 37 heavy (non-hydrogen) atoms. The third-order valence-electron chi connectivity index (χ3n) is 6.28. The molecule has 0 atom stereocenters. The van der Waals surface area contributed by atoms with Gasteiger partial charge in [-0.1, -0.05) is 26.0 Å². The second-order valence-corrected chi connectivity index (χ2v) is 9.07. The summed E-state index contributed by atoms with van der Waals surface area (Å²) in [5.74, 6) is 1.42. The van der Waals surface area contributed by atoms with Gasteiger partial charge in [-0.3, -0.25) is 4.90 Å². The van der Waals surface area contributed by atoms with Gasteiger partial charge in [-0.15, -0.1) is 0 Å². The van der Waals surface area contributed by atoms with Crippen LogP contribution in [0.1, 0.15) is 25.8 Å². The fourth-order valence-electron chi connectivity index (χ4n) is 4.22. The molecule has 0 spiro atoms. The van der Waals surface area contributed by atoms with Gasteiger partial charge in [0.15, 0.2) is 0 Å². The summed E-state index contributed by atoms with van der Waals surface area (Å²) < 4.78 is 26.3. The topological polar surface area (TPSA) is 62.8 Å². The first-order valence-electron chi connectivity index (χ1n) is 12.9. The number of halogens is 1. The molecule has 8 heteroatoms. The molecule has 0 aliphatic carbocycles. The fourth-order valence-corrected chi connectivity index (χ4v) is 4.22. The zero-order valence-corrected chi connectivity index (χ0v) is 21.9. The molecule has 0 saturated heterocycles. The third kappa shape index (κ3) is 7.74. The molecule has 4 rings (SSSR count). The van der Waals surface area contributed by atoms with Crippen molar-refractivity contribution in [1.29, 1.82) is 0 Å². The van der Waals surface area contributed by atoms with E-state index in [-0.39, 0.29) is 5.82 Å². The van der Waals surface area contributed by atoms with E-state index in [1.807, 2.05) is 12.1 Å². The number of hydrogen-bond acceptors (Lipinski definition) is 7. The van der Waals surface area contributed by atoms with Crippen molar-refractivity contribution in [1.82, 2.24) is 19.8 Å². The van der Waals surface area contributed by atoms with Gasteiger partial charge >= 0.3 is 0 Å². The number of fused-ring (bicyclic) bond motifs is 7. The van der Waals surface area contributed by atoms with Gasteiger partial charge in [0.05, 0.1) is 12.3 Å². The summed E-state index contributed by atoms with van der Waals surface area (Å²) in [5, 5.41) is 3.30. The predicted octanol–water partition coefficient (Wildman–Crippen LogP) is 5.52. The molecule has 0 unspecified atom stereocenters. The van der Waals surface area contributed by atoms with Gasteiger partial charge in [0.2, 0.25) is 5.95 Å². The number of likely N-dealkylation sites (N-methyl/N-ethyl adjacent to an activating group) is 2. The van der Waals surface area contributed by atoms with E-state index >= 15 is 0 Å². The minimum atomic E-state index is -0.367. The van der Waals surface area contributed by atoms with Gasteiger partial charge in [-0.05, 0) is 63.0 Å². The van der Waals surface area contributed by atoms with Crippen LogP contribution in [-0.4, -0.2) is 66.2 Å². The molecule has 1 N–H and O–H groups in total. The average Bonchev–Trinajstić information content (AvgIpc) is 2.89. The zero-order valence-electron chi connectivity index (χ0n) is 21.9. The average molecular weight is 506 g/mol. The first-order valence-corrected chi connectivity index (χ1v) is 12.9. The lowest BCUT2D eigenvalue weighted by Crippen LogP contribution is -2.28. The molecule has 2 heterocycles. The Hall–Kier alpha value is -3.49. The van der Waals surface area contributed by atoms with Gasteiger partial charge in [0.25, 0.3) is 0 Å². The molecule has 1 aromatic heterocycles.